The molecule has 1 aromatic heterocycles. The smallest absolute Gasteiger partial charge is 0.128 e. The summed E-state index contributed by atoms with van der Waals surface area (Å²) in [5.41, 5.74) is 7.74. The van der Waals surface area contributed by atoms with Crippen molar-refractivity contribution in [2.24, 2.45) is 5.41 Å². The molecule has 1 aliphatic heterocycles. The van der Waals surface area contributed by atoms with E-state index in [9.17, 15) is 5.11 Å². The Hall–Kier alpha value is -1.33. The Kier molecular flexibility index (Phi) is 5.30. The zero-order chi connectivity index (χ0) is 17.2. The van der Waals surface area contributed by atoms with Gasteiger partial charge in [0.15, 0.2) is 0 Å². The number of hydrogen-bond acceptors (Lipinski definition) is 5. The maximum atomic E-state index is 9.63. The van der Waals surface area contributed by atoms with Crippen molar-refractivity contribution in [2.45, 2.75) is 71.1 Å². The Labute approximate surface area is 145 Å². The van der Waals surface area contributed by atoms with E-state index in [4.69, 9.17) is 5.73 Å². The topological polar surface area (TPSA) is 74.4 Å². The van der Waals surface area contributed by atoms with Gasteiger partial charge in [-0.3, -0.25) is 4.90 Å². The first-order chi connectivity index (χ1) is 11.4. The number of anilines is 2. The lowest BCUT2D eigenvalue weighted by molar-refractivity contribution is 0.126. The lowest BCUT2D eigenvalue weighted by Gasteiger charge is -2.37. The first-order valence-electron chi connectivity index (χ1n) is 9.33. The molecule has 1 aliphatic carbocycles. The summed E-state index contributed by atoms with van der Waals surface area (Å²) in [7, 11) is 0. The minimum absolute atomic E-state index is 0.129. The van der Waals surface area contributed by atoms with Crippen molar-refractivity contribution >= 4 is 11.6 Å². The van der Waals surface area contributed by atoms with Crippen LogP contribution in [0.5, 0.6) is 0 Å². The first-order valence-corrected chi connectivity index (χ1v) is 9.33. The van der Waals surface area contributed by atoms with E-state index in [1.54, 1.807) is 0 Å². The number of nitrogens with zero attached hydrogens (tertiary/aromatic N) is 2. The highest BCUT2D eigenvalue weighted by Gasteiger charge is 2.25. The molecule has 0 bridgehead atoms. The average molecular weight is 332 g/mol. The number of hydrogen-bond donors (Lipinski definition) is 3. The zero-order valence-electron chi connectivity index (χ0n) is 15.1. The summed E-state index contributed by atoms with van der Waals surface area (Å²) in [5.74, 6) is 1.46. The lowest BCUT2D eigenvalue weighted by Crippen LogP contribution is -2.36. The molecular formula is C19H32N4O. The van der Waals surface area contributed by atoms with Gasteiger partial charge < -0.3 is 16.2 Å². The molecule has 0 aromatic carbocycles. The van der Waals surface area contributed by atoms with Gasteiger partial charge in [-0.15, -0.1) is 0 Å². The van der Waals surface area contributed by atoms with Crippen molar-refractivity contribution in [3.8, 4) is 0 Å². The fraction of sp³-hybridized carbons (Fsp3) is 0.737. The summed E-state index contributed by atoms with van der Waals surface area (Å²) in [4.78, 5) is 6.96. The van der Waals surface area contributed by atoms with Crippen molar-refractivity contribution < 1.29 is 5.11 Å². The molecular weight excluding hydrogens is 300 g/mol. The average Bonchev–Trinajstić information content (AvgIpc) is 2.51. The SMILES string of the molecule is CC1(C)CCN(Cc2cc(N)nc(NC3CCC(O)CC3)c2)CC1. The predicted molar refractivity (Wildman–Crippen MR) is 98.8 cm³/mol. The molecule has 2 fully saturated rings. The van der Waals surface area contributed by atoms with Gasteiger partial charge >= 0.3 is 0 Å². The van der Waals surface area contributed by atoms with E-state index in [2.05, 4.69) is 35.1 Å². The molecule has 0 radical (unpaired) electrons. The van der Waals surface area contributed by atoms with Crippen LogP contribution in [0.25, 0.3) is 0 Å². The zero-order valence-corrected chi connectivity index (χ0v) is 15.1. The first kappa shape index (κ1) is 17.5. The molecule has 24 heavy (non-hydrogen) atoms. The Balaban J connectivity index is 1.59. The Morgan fingerprint density at radius 3 is 2.54 bits per heavy atom. The molecule has 2 heterocycles. The highest BCUT2D eigenvalue weighted by Crippen LogP contribution is 2.30. The fourth-order valence-corrected chi connectivity index (χ4v) is 3.78. The molecule has 1 saturated heterocycles. The molecule has 0 unspecified atom stereocenters. The van der Waals surface area contributed by atoms with E-state index < -0.39 is 0 Å². The van der Waals surface area contributed by atoms with E-state index in [1.165, 1.54) is 18.4 Å². The Morgan fingerprint density at radius 2 is 1.88 bits per heavy atom. The quantitative estimate of drug-likeness (QED) is 0.790. The molecule has 1 saturated carbocycles. The van der Waals surface area contributed by atoms with Crippen LogP contribution in [0, 0.1) is 5.41 Å². The number of pyridine rings is 1. The molecule has 1 aromatic rings. The minimum Gasteiger partial charge on any atom is -0.393 e. The van der Waals surface area contributed by atoms with Crippen LogP contribution >= 0.6 is 0 Å². The molecule has 5 nitrogen and oxygen atoms in total. The van der Waals surface area contributed by atoms with Gasteiger partial charge in [0.1, 0.15) is 11.6 Å². The van der Waals surface area contributed by atoms with Crippen molar-refractivity contribution in [3.05, 3.63) is 17.7 Å². The van der Waals surface area contributed by atoms with Crippen LogP contribution in [0.15, 0.2) is 12.1 Å². The minimum atomic E-state index is -0.129. The van der Waals surface area contributed by atoms with Gasteiger partial charge in [-0.05, 0) is 74.7 Å². The van der Waals surface area contributed by atoms with Gasteiger partial charge in [-0.25, -0.2) is 4.98 Å². The van der Waals surface area contributed by atoms with Crippen LogP contribution < -0.4 is 11.1 Å². The second kappa shape index (κ2) is 7.28. The molecule has 0 atom stereocenters. The number of aliphatic hydroxyl groups excluding tert-OH is 1. The van der Waals surface area contributed by atoms with Gasteiger partial charge in [-0.2, -0.15) is 0 Å². The molecule has 3 rings (SSSR count). The monoisotopic (exact) mass is 332 g/mol. The van der Waals surface area contributed by atoms with Crippen LogP contribution in [0.2, 0.25) is 0 Å². The van der Waals surface area contributed by atoms with Crippen molar-refractivity contribution in [3.63, 3.8) is 0 Å². The Bertz CT molecular complexity index is 542. The van der Waals surface area contributed by atoms with Crippen molar-refractivity contribution in [2.75, 3.05) is 24.1 Å². The van der Waals surface area contributed by atoms with E-state index in [0.29, 0.717) is 17.3 Å². The van der Waals surface area contributed by atoms with Crippen LogP contribution in [0.3, 0.4) is 0 Å². The molecule has 0 amide bonds. The largest absolute Gasteiger partial charge is 0.393 e. The van der Waals surface area contributed by atoms with Crippen LogP contribution in [-0.4, -0.2) is 40.2 Å². The van der Waals surface area contributed by atoms with Crippen molar-refractivity contribution in [1.82, 2.24) is 9.88 Å². The molecule has 134 valence electrons. The molecule has 4 N–H and O–H groups in total. The summed E-state index contributed by atoms with van der Waals surface area (Å²) in [6, 6.07) is 4.53. The second-order valence-electron chi connectivity index (χ2n) is 8.38. The normalized spacial score (nSPS) is 27.8. The van der Waals surface area contributed by atoms with Gasteiger partial charge in [0.2, 0.25) is 0 Å². The lowest BCUT2D eigenvalue weighted by atomic mass is 9.82. The van der Waals surface area contributed by atoms with E-state index in [1.807, 2.05) is 6.07 Å². The standard InChI is InChI=1S/C19H32N4O/c1-19(2)7-9-23(10-8-19)13-14-11-17(20)22-18(12-14)21-15-3-5-16(24)6-4-15/h11-12,15-16,24H,3-10,13H2,1-2H3,(H3,20,21,22). The summed E-state index contributed by atoms with van der Waals surface area (Å²) in [6.45, 7) is 7.97. The predicted octanol–water partition coefficient (Wildman–Crippen LogP) is 3.00. The number of nitrogen functional groups attached to an aromatic ring is 1. The summed E-state index contributed by atoms with van der Waals surface area (Å²) in [6.07, 6.45) is 6.11. The van der Waals surface area contributed by atoms with E-state index in [0.717, 1.165) is 51.1 Å². The summed E-state index contributed by atoms with van der Waals surface area (Å²) < 4.78 is 0. The van der Waals surface area contributed by atoms with Gasteiger partial charge in [0.25, 0.3) is 0 Å². The molecule has 2 aliphatic rings. The summed E-state index contributed by atoms with van der Waals surface area (Å²) >= 11 is 0. The van der Waals surface area contributed by atoms with Gasteiger partial charge in [-0.1, -0.05) is 13.8 Å². The van der Waals surface area contributed by atoms with Gasteiger partial charge in [0.05, 0.1) is 6.10 Å². The fourth-order valence-electron chi connectivity index (χ4n) is 3.78. The highest BCUT2D eigenvalue weighted by molar-refractivity contribution is 5.47. The number of nitrogens with two attached hydrogens (primary N) is 1. The van der Waals surface area contributed by atoms with Crippen LogP contribution in [-0.2, 0) is 6.54 Å². The number of aromatic nitrogens is 1. The third kappa shape index (κ3) is 4.84. The van der Waals surface area contributed by atoms with Crippen molar-refractivity contribution in [1.29, 1.82) is 0 Å². The van der Waals surface area contributed by atoms with E-state index >= 15 is 0 Å². The third-order valence-corrected chi connectivity index (χ3v) is 5.57. The number of aliphatic hydroxyl groups is 1. The molecule has 0 spiro atoms. The number of rotatable bonds is 4. The number of likely N-dealkylation sites (tertiary alicyclic amines) is 1. The third-order valence-electron chi connectivity index (χ3n) is 5.57. The maximum absolute atomic E-state index is 9.63. The van der Waals surface area contributed by atoms with Crippen LogP contribution in [0.1, 0.15) is 57.9 Å². The van der Waals surface area contributed by atoms with E-state index in [-0.39, 0.29) is 6.10 Å². The highest BCUT2D eigenvalue weighted by atomic mass is 16.3. The van der Waals surface area contributed by atoms with Gasteiger partial charge in [0, 0.05) is 12.6 Å². The Morgan fingerprint density at radius 1 is 1.21 bits per heavy atom. The number of nitrogens with one attached hydrogen (secondary N) is 1. The second-order valence-corrected chi connectivity index (χ2v) is 8.38. The summed E-state index contributed by atoms with van der Waals surface area (Å²) in [5, 5.41) is 13.1. The maximum Gasteiger partial charge on any atom is 0.128 e. The van der Waals surface area contributed by atoms with Crippen LogP contribution in [0.4, 0.5) is 11.6 Å². The number of piperidine rings is 1. The molecule has 5 heteroatoms.